The predicted molar refractivity (Wildman–Crippen MR) is 192 cm³/mol. The van der Waals surface area contributed by atoms with Crippen LogP contribution in [0.15, 0.2) is 152 Å². The SMILES string of the molecule is O=C(O)C1=CC(=NNc2ccc(-c3ccc(N=Nc4ccc(NN=C5C=CC(=O)C(C(=O)O)=C5)c5cc(S(=O)(=O)O)ccc45)cc3)cc2)C=CC1=O. The molecule has 0 bridgehead atoms. The summed E-state index contributed by atoms with van der Waals surface area (Å²) in [5.74, 6) is -4.01. The van der Waals surface area contributed by atoms with Crippen LogP contribution in [-0.4, -0.2) is 58.1 Å². The van der Waals surface area contributed by atoms with Gasteiger partial charge in [0.1, 0.15) is 11.1 Å². The van der Waals surface area contributed by atoms with Gasteiger partial charge in [0.2, 0.25) is 0 Å². The number of carbonyl (C=O) groups is 4. The lowest BCUT2D eigenvalue weighted by molar-refractivity contribution is -0.135. The third-order valence-electron chi connectivity index (χ3n) is 7.63. The summed E-state index contributed by atoms with van der Waals surface area (Å²) in [4.78, 5) is 45.7. The van der Waals surface area contributed by atoms with Crippen molar-refractivity contribution in [2.24, 2.45) is 20.4 Å². The highest BCUT2D eigenvalue weighted by Crippen LogP contribution is 2.35. The van der Waals surface area contributed by atoms with Crippen molar-refractivity contribution in [2.45, 2.75) is 4.90 Å². The van der Waals surface area contributed by atoms with E-state index in [1.807, 2.05) is 24.3 Å². The Bertz CT molecular complexity index is 2510. The topological polar surface area (TPSA) is 237 Å². The summed E-state index contributed by atoms with van der Waals surface area (Å²) in [6.07, 6.45) is 7.25. The van der Waals surface area contributed by atoms with Gasteiger partial charge in [-0.2, -0.15) is 23.7 Å². The number of hydrogen-bond acceptors (Lipinski definition) is 12. The smallest absolute Gasteiger partial charge is 0.339 e. The summed E-state index contributed by atoms with van der Waals surface area (Å²) in [6, 6.07) is 21.6. The Morgan fingerprint density at radius 1 is 0.615 bits per heavy atom. The van der Waals surface area contributed by atoms with Crippen molar-refractivity contribution in [3.63, 3.8) is 0 Å². The summed E-state index contributed by atoms with van der Waals surface area (Å²) in [5.41, 5.74) is 8.75. The molecule has 0 radical (unpaired) electrons. The van der Waals surface area contributed by atoms with E-state index in [0.29, 0.717) is 33.5 Å². The summed E-state index contributed by atoms with van der Waals surface area (Å²) in [7, 11) is -4.56. The minimum absolute atomic E-state index is 0.132. The first-order valence-electron chi connectivity index (χ1n) is 15.0. The number of nitrogens with one attached hydrogen (secondary N) is 2. The molecule has 0 unspecified atom stereocenters. The molecule has 0 aromatic heterocycles. The molecule has 2 aliphatic carbocycles. The molecule has 0 atom stereocenters. The lowest BCUT2D eigenvalue weighted by atomic mass is 10.0. The molecular formula is C36H24N6O9S. The fraction of sp³-hybridized carbons (Fsp3) is 0. The zero-order valence-corrected chi connectivity index (χ0v) is 27.3. The molecular weight excluding hydrogens is 692 g/mol. The van der Waals surface area contributed by atoms with Gasteiger partial charge >= 0.3 is 11.9 Å². The quantitative estimate of drug-likeness (QED) is 0.0419. The van der Waals surface area contributed by atoms with Gasteiger partial charge < -0.3 is 10.2 Å². The number of hydrogen-bond donors (Lipinski definition) is 5. The Morgan fingerprint density at radius 3 is 1.73 bits per heavy atom. The molecule has 16 heteroatoms. The van der Waals surface area contributed by atoms with Gasteiger partial charge in [0, 0.05) is 10.8 Å². The molecule has 0 aliphatic heterocycles. The highest BCUT2D eigenvalue weighted by molar-refractivity contribution is 7.85. The van der Waals surface area contributed by atoms with E-state index < -0.39 is 39.2 Å². The maximum Gasteiger partial charge on any atom is 0.339 e. The molecule has 0 heterocycles. The number of azo groups is 1. The van der Waals surface area contributed by atoms with E-state index in [0.717, 1.165) is 29.4 Å². The second-order valence-corrected chi connectivity index (χ2v) is 12.5. The van der Waals surface area contributed by atoms with Crippen LogP contribution in [0.2, 0.25) is 0 Å². The van der Waals surface area contributed by atoms with Crippen molar-refractivity contribution in [1.82, 2.24) is 0 Å². The van der Waals surface area contributed by atoms with Gasteiger partial charge in [0.25, 0.3) is 10.1 Å². The van der Waals surface area contributed by atoms with Gasteiger partial charge in [-0.25, -0.2) is 9.59 Å². The number of anilines is 2. The normalized spacial score (nSPS) is 16.0. The zero-order chi connectivity index (χ0) is 37.0. The van der Waals surface area contributed by atoms with Crippen LogP contribution in [0.1, 0.15) is 0 Å². The number of hydrazone groups is 2. The van der Waals surface area contributed by atoms with Gasteiger partial charge in [-0.15, -0.1) is 5.11 Å². The molecule has 6 rings (SSSR count). The Kier molecular flexibility index (Phi) is 9.58. The van der Waals surface area contributed by atoms with Crippen LogP contribution < -0.4 is 10.9 Å². The van der Waals surface area contributed by atoms with E-state index in [9.17, 15) is 37.3 Å². The number of rotatable bonds is 10. The molecule has 2 aliphatic rings. The van der Waals surface area contributed by atoms with Crippen LogP contribution >= 0.6 is 0 Å². The zero-order valence-electron chi connectivity index (χ0n) is 26.5. The van der Waals surface area contributed by atoms with E-state index >= 15 is 0 Å². The highest BCUT2D eigenvalue weighted by Gasteiger charge is 2.20. The minimum Gasteiger partial charge on any atom is -0.478 e. The lowest BCUT2D eigenvalue weighted by Gasteiger charge is -2.11. The number of carboxylic acids is 2. The summed E-state index contributed by atoms with van der Waals surface area (Å²) in [5, 5.41) is 36.1. The van der Waals surface area contributed by atoms with Gasteiger partial charge in [0.05, 0.1) is 39.1 Å². The molecule has 0 amide bonds. The Labute approximate surface area is 294 Å². The second-order valence-electron chi connectivity index (χ2n) is 11.1. The first-order chi connectivity index (χ1) is 24.9. The van der Waals surface area contributed by atoms with Crippen LogP contribution in [0, 0.1) is 0 Å². The van der Waals surface area contributed by atoms with Crippen LogP contribution in [0.5, 0.6) is 0 Å². The molecule has 0 saturated heterocycles. The summed E-state index contributed by atoms with van der Waals surface area (Å²) in [6.45, 7) is 0. The summed E-state index contributed by atoms with van der Waals surface area (Å²) < 4.78 is 33.5. The predicted octanol–water partition coefficient (Wildman–Crippen LogP) is 6.00. The first-order valence-corrected chi connectivity index (χ1v) is 16.5. The lowest BCUT2D eigenvalue weighted by Crippen LogP contribution is -2.16. The average Bonchev–Trinajstić information content (AvgIpc) is 3.13. The molecule has 258 valence electrons. The molecule has 52 heavy (non-hydrogen) atoms. The molecule has 4 aromatic rings. The standard InChI is InChI=1S/C36H24N6O9S/c43-33-15-9-24(17-29(33)35(45)46)39-37-22-5-1-20(2-6-22)21-3-7-23(8-4-21)38-41-31-13-14-32(28-19-26(52(49,50)51)11-12-27(28)31)42-40-25-10-16-34(44)30(18-25)36(47)48/h1-19,37,42H,(H,45,46)(H,47,48)(H,49,50,51). The third kappa shape index (κ3) is 7.83. The number of fused-ring (bicyclic) bond motifs is 1. The van der Waals surface area contributed by atoms with Crippen LogP contribution in [-0.2, 0) is 29.3 Å². The Morgan fingerprint density at radius 2 is 1.17 bits per heavy atom. The van der Waals surface area contributed by atoms with Gasteiger partial charge in [-0.3, -0.25) is 25.0 Å². The molecule has 0 saturated carbocycles. The fourth-order valence-corrected chi connectivity index (χ4v) is 5.50. The Hall–Kier alpha value is -7.17. The van der Waals surface area contributed by atoms with Crippen molar-refractivity contribution in [1.29, 1.82) is 0 Å². The largest absolute Gasteiger partial charge is 0.478 e. The number of nitrogens with zero attached hydrogens (tertiary/aromatic N) is 4. The number of carbonyl (C=O) groups excluding carboxylic acids is 2. The van der Waals surface area contributed by atoms with E-state index in [-0.39, 0.29) is 21.9 Å². The van der Waals surface area contributed by atoms with Gasteiger partial charge in [-0.1, -0.05) is 30.3 Å². The van der Waals surface area contributed by atoms with Crippen molar-refractivity contribution < 1.29 is 42.4 Å². The van der Waals surface area contributed by atoms with E-state index in [1.165, 1.54) is 36.4 Å². The number of benzene rings is 4. The molecule has 5 N–H and O–H groups in total. The van der Waals surface area contributed by atoms with Gasteiger partial charge in [-0.05, 0) is 96.1 Å². The van der Waals surface area contributed by atoms with Gasteiger partial charge in [0.15, 0.2) is 11.6 Å². The number of aliphatic carboxylic acids is 2. The Balaban J connectivity index is 1.20. The third-order valence-corrected chi connectivity index (χ3v) is 8.48. The van der Waals surface area contributed by atoms with Crippen LogP contribution in [0.4, 0.5) is 22.7 Å². The second kappa shape index (κ2) is 14.4. The molecule has 15 nitrogen and oxygen atoms in total. The number of ketones is 2. The van der Waals surface area contributed by atoms with E-state index in [1.54, 1.807) is 36.4 Å². The van der Waals surface area contributed by atoms with Crippen molar-refractivity contribution in [3.8, 4) is 11.1 Å². The molecule has 4 aromatic carbocycles. The van der Waals surface area contributed by atoms with Crippen molar-refractivity contribution in [3.05, 3.63) is 126 Å². The van der Waals surface area contributed by atoms with E-state index in [2.05, 4.69) is 31.3 Å². The van der Waals surface area contributed by atoms with E-state index in [4.69, 9.17) is 5.11 Å². The van der Waals surface area contributed by atoms with Crippen molar-refractivity contribution >= 4 is 78.6 Å². The summed E-state index contributed by atoms with van der Waals surface area (Å²) >= 11 is 0. The first kappa shape index (κ1) is 34.7. The minimum atomic E-state index is -4.56. The van der Waals surface area contributed by atoms with Crippen LogP contribution in [0.25, 0.3) is 21.9 Å². The average molecular weight is 717 g/mol. The number of allylic oxidation sites excluding steroid dienone is 6. The highest BCUT2D eigenvalue weighted by atomic mass is 32.2. The van der Waals surface area contributed by atoms with Crippen molar-refractivity contribution in [2.75, 3.05) is 10.9 Å². The van der Waals surface area contributed by atoms with Crippen LogP contribution in [0.3, 0.4) is 0 Å². The maximum absolute atomic E-state index is 11.9. The number of carboxylic acid groups (broad SMARTS) is 2. The molecule has 0 fully saturated rings. The molecule has 0 spiro atoms. The monoisotopic (exact) mass is 716 g/mol. The fourth-order valence-electron chi connectivity index (χ4n) is 4.99. The maximum atomic E-state index is 11.9.